The SMILES string of the molecule is CCOC(=O)/C(C)=N\NC(=O)Cc1c[nH]c2ccccc12. The van der Waals surface area contributed by atoms with Crippen LogP contribution in [-0.2, 0) is 20.7 Å². The van der Waals surface area contributed by atoms with Crippen LogP contribution in [0.2, 0.25) is 0 Å². The quantitative estimate of drug-likeness (QED) is 0.499. The van der Waals surface area contributed by atoms with Gasteiger partial charge in [-0.25, -0.2) is 10.2 Å². The first-order chi connectivity index (χ1) is 10.1. The number of hydrogen-bond donors (Lipinski definition) is 2. The molecule has 2 N–H and O–H groups in total. The van der Waals surface area contributed by atoms with Gasteiger partial charge in [0.2, 0.25) is 5.91 Å². The Morgan fingerprint density at radius 2 is 2.10 bits per heavy atom. The third-order valence-electron chi connectivity index (χ3n) is 2.95. The van der Waals surface area contributed by atoms with Gasteiger partial charge in [0, 0.05) is 17.1 Å². The highest BCUT2D eigenvalue weighted by atomic mass is 16.5. The highest BCUT2D eigenvalue weighted by Crippen LogP contribution is 2.17. The fourth-order valence-corrected chi connectivity index (χ4v) is 1.92. The third kappa shape index (κ3) is 3.68. The van der Waals surface area contributed by atoms with Gasteiger partial charge in [-0.2, -0.15) is 5.10 Å². The number of para-hydroxylation sites is 1. The van der Waals surface area contributed by atoms with E-state index in [0.717, 1.165) is 16.5 Å². The summed E-state index contributed by atoms with van der Waals surface area (Å²) < 4.78 is 4.77. The fraction of sp³-hybridized carbons (Fsp3) is 0.267. The number of nitrogens with zero attached hydrogens (tertiary/aromatic N) is 1. The Bertz CT molecular complexity index is 688. The zero-order valence-corrected chi connectivity index (χ0v) is 12.0. The number of hydrazone groups is 1. The van der Waals surface area contributed by atoms with Crippen molar-refractivity contribution in [1.82, 2.24) is 10.4 Å². The zero-order valence-electron chi connectivity index (χ0n) is 12.0. The Kier molecular flexibility index (Phi) is 4.71. The van der Waals surface area contributed by atoms with Gasteiger partial charge in [0.15, 0.2) is 0 Å². The van der Waals surface area contributed by atoms with Crippen molar-refractivity contribution in [2.75, 3.05) is 6.61 Å². The molecule has 0 unspecified atom stereocenters. The molecule has 110 valence electrons. The number of aromatic nitrogens is 1. The van der Waals surface area contributed by atoms with Crippen molar-refractivity contribution in [3.05, 3.63) is 36.0 Å². The molecular weight excluding hydrogens is 270 g/mol. The van der Waals surface area contributed by atoms with Crippen LogP contribution in [0, 0.1) is 0 Å². The summed E-state index contributed by atoms with van der Waals surface area (Å²) in [6, 6.07) is 7.73. The van der Waals surface area contributed by atoms with Crippen LogP contribution in [-0.4, -0.2) is 29.2 Å². The van der Waals surface area contributed by atoms with Gasteiger partial charge < -0.3 is 9.72 Å². The second-order valence-corrected chi connectivity index (χ2v) is 4.49. The summed E-state index contributed by atoms with van der Waals surface area (Å²) in [4.78, 5) is 26.3. The predicted octanol–water partition coefficient (Wildman–Crippen LogP) is 1.77. The lowest BCUT2D eigenvalue weighted by atomic mass is 10.1. The standard InChI is InChI=1S/C15H17N3O3/c1-3-21-15(20)10(2)17-18-14(19)8-11-9-16-13-7-5-4-6-12(11)13/h4-7,9,16H,3,8H2,1-2H3,(H,18,19)/b17-10-. The number of ether oxygens (including phenoxy) is 1. The number of esters is 1. The molecule has 0 fully saturated rings. The lowest BCUT2D eigenvalue weighted by Gasteiger charge is -2.02. The van der Waals surface area contributed by atoms with Gasteiger partial charge in [-0.1, -0.05) is 18.2 Å². The second-order valence-electron chi connectivity index (χ2n) is 4.49. The van der Waals surface area contributed by atoms with Crippen LogP contribution < -0.4 is 5.43 Å². The largest absolute Gasteiger partial charge is 0.461 e. The molecule has 1 aromatic heterocycles. The molecule has 0 aliphatic heterocycles. The smallest absolute Gasteiger partial charge is 0.354 e. The number of amides is 1. The van der Waals surface area contributed by atoms with Crippen LogP contribution in [0.15, 0.2) is 35.6 Å². The number of H-pyrrole nitrogens is 1. The molecule has 21 heavy (non-hydrogen) atoms. The van der Waals surface area contributed by atoms with Gasteiger partial charge in [-0.05, 0) is 25.5 Å². The minimum Gasteiger partial charge on any atom is -0.461 e. The van der Waals surface area contributed by atoms with Crippen LogP contribution in [0.3, 0.4) is 0 Å². The molecule has 6 heteroatoms. The maximum Gasteiger partial charge on any atom is 0.354 e. The molecule has 1 heterocycles. The van der Waals surface area contributed by atoms with Gasteiger partial charge in [-0.15, -0.1) is 0 Å². The van der Waals surface area contributed by atoms with Gasteiger partial charge in [0.05, 0.1) is 13.0 Å². The number of hydrogen-bond acceptors (Lipinski definition) is 4. The number of fused-ring (bicyclic) bond motifs is 1. The Labute approximate surface area is 122 Å². The van der Waals surface area contributed by atoms with Crippen molar-refractivity contribution in [3.63, 3.8) is 0 Å². The van der Waals surface area contributed by atoms with Crippen molar-refractivity contribution in [2.45, 2.75) is 20.3 Å². The normalized spacial score (nSPS) is 11.4. The molecule has 2 aromatic rings. The highest BCUT2D eigenvalue weighted by molar-refractivity contribution is 6.35. The van der Waals surface area contributed by atoms with E-state index in [4.69, 9.17) is 4.74 Å². The first-order valence-corrected chi connectivity index (χ1v) is 6.67. The summed E-state index contributed by atoms with van der Waals surface area (Å²) in [5.41, 5.74) is 4.33. The molecule has 2 rings (SSSR count). The molecule has 0 aliphatic carbocycles. The summed E-state index contributed by atoms with van der Waals surface area (Å²) >= 11 is 0. The van der Waals surface area contributed by atoms with E-state index in [1.54, 1.807) is 13.1 Å². The summed E-state index contributed by atoms with van der Waals surface area (Å²) in [6.07, 6.45) is 1.98. The van der Waals surface area contributed by atoms with E-state index in [0.29, 0.717) is 0 Å². The average Bonchev–Trinajstić information content (AvgIpc) is 2.88. The van der Waals surface area contributed by atoms with E-state index in [-0.39, 0.29) is 24.6 Å². The molecule has 0 bridgehead atoms. The minimum atomic E-state index is -0.537. The van der Waals surface area contributed by atoms with E-state index < -0.39 is 5.97 Å². The number of carbonyl (C=O) groups excluding carboxylic acids is 2. The van der Waals surface area contributed by atoms with Crippen molar-refractivity contribution in [3.8, 4) is 0 Å². The van der Waals surface area contributed by atoms with Crippen LogP contribution in [0.25, 0.3) is 10.9 Å². The molecule has 0 saturated heterocycles. The molecule has 1 aromatic carbocycles. The molecule has 6 nitrogen and oxygen atoms in total. The van der Waals surface area contributed by atoms with Gasteiger partial charge >= 0.3 is 5.97 Å². The van der Waals surface area contributed by atoms with Crippen LogP contribution in [0.5, 0.6) is 0 Å². The van der Waals surface area contributed by atoms with Gasteiger partial charge in [0.1, 0.15) is 5.71 Å². The Balaban J connectivity index is 1.99. The summed E-state index contributed by atoms with van der Waals surface area (Å²) in [5, 5.41) is 4.73. The maximum absolute atomic E-state index is 11.9. The average molecular weight is 287 g/mol. The monoisotopic (exact) mass is 287 g/mol. The topological polar surface area (TPSA) is 83.5 Å². The van der Waals surface area contributed by atoms with Crippen LogP contribution in [0.4, 0.5) is 0 Å². The molecule has 0 spiro atoms. The van der Waals surface area contributed by atoms with Crippen molar-refractivity contribution in [1.29, 1.82) is 0 Å². The second kappa shape index (κ2) is 6.69. The third-order valence-corrected chi connectivity index (χ3v) is 2.95. The lowest BCUT2D eigenvalue weighted by molar-refractivity contribution is -0.135. The van der Waals surface area contributed by atoms with Crippen molar-refractivity contribution in [2.24, 2.45) is 5.10 Å². The summed E-state index contributed by atoms with van der Waals surface area (Å²) in [5.74, 6) is -0.826. The number of carbonyl (C=O) groups is 2. The highest BCUT2D eigenvalue weighted by Gasteiger charge is 2.10. The maximum atomic E-state index is 11.9. The number of benzene rings is 1. The van der Waals surface area contributed by atoms with Gasteiger partial charge in [-0.3, -0.25) is 4.79 Å². The number of aromatic amines is 1. The van der Waals surface area contributed by atoms with Gasteiger partial charge in [0.25, 0.3) is 0 Å². The lowest BCUT2D eigenvalue weighted by Crippen LogP contribution is -2.24. The predicted molar refractivity (Wildman–Crippen MR) is 79.9 cm³/mol. The molecular formula is C15H17N3O3. The Morgan fingerprint density at radius 3 is 2.86 bits per heavy atom. The van der Waals surface area contributed by atoms with E-state index in [1.165, 1.54) is 6.92 Å². The Hall–Kier alpha value is -2.63. The molecule has 0 saturated carbocycles. The van der Waals surface area contributed by atoms with E-state index in [2.05, 4.69) is 15.5 Å². The molecule has 0 radical (unpaired) electrons. The fourth-order valence-electron chi connectivity index (χ4n) is 1.92. The summed E-state index contributed by atoms with van der Waals surface area (Å²) in [7, 11) is 0. The Morgan fingerprint density at radius 1 is 1.33 bits per heavy atom. The molecule has 0 atom stereocenters. The van der Waals surface area contributed by atoms with E-state index in [1.807, 2.05) is 24.3 Å². The van der Waals surface area contributed by atoms with Crippen molar-refractivity contribution >= 4 is 28.5 Å². The molecule has 1 amide bonds. The van der Waals surface area contributed by atoms with E-state index >= 15 is 0 Å². The van der Waals surface area contributed by atoms with Crippen LogP contribution >= 0.6 is 0 Å². The first kappa shape index (κ1) is 14.8. The molecule has 0 aliphatic rings. The number of nitrogens with one attached hydrogen (secondary N) is 2. The minimum absolute atomic E-state index is 0.115. The first-order valence-electron chi connectivity index (χ1n) is 6.67. The zero-order chi connectivity index (χ0) is 15.2. The van der Waals surface area contributed by atoms with E-state index in [9.17, 15) is 9.59 Å². The van der Waals surface area contributed by atoms with Crippen molar-refractivity contribution < 1.29 is 14.3 Å². The summed E-state index contributed by atoms with van der Waals surface area (Å²) in [6.45, 7) is 3.47. The number of rotatable bonds is 5. The van der Waals surface area contributed by atoms with Crippen LogP contribution in [0.1, 0.15) is 19.4 Å².